The van der Waals surface area contributed by atoms with Crippen LogP contribution in [0.4, 0.5) is 0 Å². The number of carbonyl (C=O) groups excluding carboxylic acids is 1. The van der Waals surface area contributed by atoms with Crippen LogP contribution in [0, 0.1) is 11.3 Å². The van der Waals surface area contributed by atoms with Gasteiger partial charge in [-0.25, -0.2) is 4.79 Å². The van der Waals surface area contributed by atoms with E-state index in [0.717, 1.165) is 0 Å². The number of hydrogen-bond acceptors (Lipinski definition) is 5. The molecule has 1 aromatic carbocycles. The summed E-state index contributed by atoms with van der Waals surface area (Å²) in [6.45, 7) is 0. The molecule has 0 fully saturated rings. The van der Waals surface area contributed by atoms with Crippen molar-refractivity contribution >= 4 is 12.3 Å². The van der Waals surface area contributed by atoms with Gasteiger partial charge in [-0.2, -0.15) is 5.26 Å². The normalized spacial score (nSPS) is 11.4. The minimum Gasteiger partial charge on any atom is -0.496 e. The van der Waals surface area contributed by atoms with E-state index in [4.69, 9.17) is 15.1 Å². The van der Waals surface area contributed by atoms with Crippen LogP contribution < -0.4 is 4.74 Å². The highest BCUT2D eigenvalue weighted by Gasteiger charge is 2.23. The molecule has 0 amide bonds. The van der Waals surface area contributed by atoms with Gasteiger partial charge in [0, 0.05) is 5.56 Å². The summed E-state index contributed by atoms with van der Waals surface area (Å²) in [6.07, 6.45) is -1.47. The monoisotopic (exact) mass is 235 g/mol. The van der Waals surface area contributed by atoms with Crippen LogP contribution in [0.3, 0.4) is 0 Å². The van der Waals surface area contributed by atoms with E-state index < -0.39 is 12.1 Å². The van der Waals surface area contributed by atoms with Crippen LogP contribution in [-0.4, -0.2) is 29.6 Å². The standard InChI is InChI=1S/C11H9NO5/c1-17-9-3-2-6(10(14)11(15)16)7(4-12)8(9)5-13/h2-3,5,10,14H,1H3,(H,15,16). The zero-order chi connectivity index (χ0) is 13.0. The summed E-state index contributed by atoms with van der Waals surface area (Å²) < 4.78 is 4.86. The molecule has 6 heteroatoms. The lowest BCUT2D eigenvalue weighted by Gasteiger charge is -2.12. The van der Waals surface area contributed by atoms with E-state index in [-0.39, 0.29) is 22.4 Å². The summed E-state index contributed by atoms with van der Waals surface area (Å²) in [4.78, 5) is 21.5. The van der Waals surface area contributed by atoms with E-state index in [9.17, 15) is 14.7 Å². The highest BCUT2D eigenvalue weighted by atomic mass is 16.5. The molecule has 1 aromatic rings. The first kappa shape index (κ1) is 12.7. The first-order valence-corrected chi connectivity index (χ1v) is 4.53. The van der Waals surface area contributed by atoms with Crippen LogP contribution in [0.15, 0.2) is 12.1 Å². The summed E-state index contributed by atoms with van der Waals surface area (Å²) in [7, 11) is 1.32. The maximum absolute atomic E-state index is 10.9. The topological polar surface area (TPSA) is 108 Å². The lowest BCUT2D eigenvalue weighted by Crippen LogP contribution is -2.13. The summed E-state index contributed by atoms with van der Waals surface area (Å²) in [5.41, 5.74) is -0.412. The number of carbonyl (C=O) groups is 2. The molecule has 1 rings (SSSR count). The van der Waals surface area contributed by atoms with E-state index in [0.29, 0.717) is 6.29 Å². The Hall–Kier alpha value is -2.39. The number of ether oxygens (including phenoxy) is 1. The average Bonchev–Trinajstić information content (AvgIpc) is 2.35. The van der Waals surface area contributed by atoms with Crippen molar-refractivity contribution in [3.05, 3.63) is 28.8 Å². The number of nitrogens with zero attached hydrogens (tertiary/aromatic N) is 1. The SMILES string of the molecule is COc1ccc(C(O)C(=O)O)c(C#N)c1C=O. The van der Waals surface area contributed by atoms with Gasteiger partial charge in [-0.3, -0.25) is 4.79 Å². The molecule has 6 nitrogen and oxygen atoms in total. The Labute approximate surface area is 96.7 Å². The first-order valence-electron chi connectivity index (χ1n) is 4.53. The molecule has 0 saturated heterocycles. The number of aliphatic hydroxyl groups is 1. The largest absolute Gasteiger partial charge is 0.496 e. The third-order valence-electron chi connectivity index (χ3n) is 2.22. The molecule has 0 bridgehead atoms. The highest BCUT2D eigenvalue weighted by molar-refractivity contribution is 5.86. The van der Waals surface area contributed by atoms with Gasteiger partial charge in [-0.1, -0.05) is 6.07 Å². The molecule has 0 aliphatic carbocycles. The van der Waals surface area contributed by atoms with Gasteiger partial charge < -0.3 is 14.9 Å². The number of benzene rings is 1. The fourth-order valence-electron chi connectivity index (χ4n) is 1.40. The number of rotatable bonds is 4. The smallest absolute Gasteiger partial charge is 0.337 e. The van der Waals surface area contributed by atoms with Crippen molar-refractivity contribution in [2.75, 3.05) is 7.11 Å². The molecule has 0 saturated carbocycles. The lowest BCUT2D eigenvalue weighted by molar-refractivity contribution is -0.146. The fourth-order valence-corrected chi connectivity index (χ4v) is 1.40. The van der Waals surface area contributed by atoms with E-state index in [1.165, 1.54) is 19.2 Å². The van der Waals surface area contributed by atoms with Crippen LogP contribution in [0.25, 0.3) is 0 Å². The Morgan fingerprint density at radius 1 is 1.59 bits per heavy atom. The molecule has 17 heavy (non-hydrogen) atoms. The molecule has 0 aromatic heterocycles. The van der Waals surface area contributed by atoms with Crippen LogP contribution >= 0.6 is 0 Å². The maximum atomic E-state index is 10.9. The van der Waals surface area contributed by atoms with E-state index in [2.05, 4.69) is 0 Å². The Morgan fingerprint density at radius 3 is 2.65 bits per heavy atom. The molecule has 0 aliphatic heterocycles. The van der Waals surface area contributed by atoms with Crippen LogP contribution in [0.1, 0.15) is 27.6 Å². The second-order valence-electron chi connectivity index (χ2n) is 3.12. The van der Waals surface area contributed by atoms with Crippen LogP contribution in [0.2, 0.25) is 0 Å². The third kappa shape index (κ3) is 2.24. The number of aliphatic carboxylic acids is 1. The van der Waals surface area contributed by atoms with Crippen molar-refractivity contribution in [3.8, 4) is 11.8 Å². The Morgan fingerprint density at radius 2 is 2.24 bits per heavy atom. The third-order valence-corrected chi connectivity index (χ3v) is 2.22. The molecule has 88 valence electrons. The van der Waals surface area contributed by atoms with E-state index in [1.54, 1.807) is 6.07 Å². The van der Waals surface area contributed by atoms with Crippen molar-refractivity contribution in [3.63, 3.8) is 0 Å². The van der Waals surface area contributed by atoms with Crippen molar-refractivity contribution in [1.82, 2.24) is 0 Å². The molecular weight excluding hydrogens is 226 g/mol. The zero-order valence-electron chi connectivity index (χ0n) is 8.88. The Bertz CT molecular complexity index is 503. The lowest BCUT2D eigenvalue weighted by atomic mass is 9.97. The fraction of sp³-hybridized carbons (Fsp3) is 0.182. The number of nitriles is 1. The summed E-state index contributed by atoms with van der Waals surface area (Å²) in [6, 6.07) is 4.26. The minimum atomic E-state index is -1.85. The molecule has 1 unspecified atom stereocenters. The van der Waals surface area contributed by atoms with Gasteiger partial charge >= 0.3 is 5.97 Å². The van der Waals surface area contributed by atoms with Crippen molar-refractivity contribution in [2.45, 2.75) is 6.10 Å². The first-order chi connectivity index (χ1) is 8.06. The molecular formula is C11H9NO5. The predicted octanol–water partition coefficient (Wildman–Crippen LogP) is 0.497. The van der Waals surface area contributed by atoms with Crippen molar-refractivity contribution in [2.24, 2.45) is 0 Å². The minimum absolute atomic E-state index is 0.0761. The molecule has 0 spiro atoms. The number of aldehydes is 1. The summed E-state index contributed by atoms with van der Waals surface area (Å²) in [5, 5.41) is 27.0. The predicted molar refractivity (Wildman–Crippen MR) is 55.7 cm³/mol. The molecule has 2 N–H and O–H groups in total. The molecule has 1 atom stereocenters. The number of carboxylic acid groups (broad SMARTS) is 1. The zero-order valence-corrected chi connectivity index (χ0v) is 8.88. The summed E-state index contributed by atoms with van der Waals surface area (Å²) >= 11 is 0. The van der Waals surface area contributed by atoms with Gasteiger partial charge in [0.25, 0.3) is 0 Å². The van der Waals surface area contributed by atoms with Crippen molar-refractivity contribution < 1.29 is 24.5 Å². The summed E-state index contributed by atoms with van der Waals surface area (Å²) in [5.74, 6) is -1.35. The molecule has 0 heterocycles. The highest BCUT2D eigenvalue weighted by Crippen LogP contribution is 2.27. The van der Waals surface area contributed by atoms with Crippen LogP contribution in [-0.2, 0) is 4.79 Å². The second-order valence-corrected chi connectivity index (χ2v) is 3.12. The number of methoxy groups -OCH3 is 1. The Balaban J connectivity index is 3.50. The van der Waals surface area contributed by atoms with Gasteiger partial charge in [0.15, 0.2) is 12.4 Å². The van der Waals surface area contributed by atoms with Gasteiger partial charge in [0.05, 0.1) is 18.2 Å². The van der Waals surface area contributed by atoms with E-state index >= 15 is 0 Å². The van der Waals surface area contributed by atoms with E-state index in [1.807, 2.05) is 0 Å². The Kier molecular flexibility index (Phi) is 3.80. The quantitative estimate of drug-likeness (QED) is 0.735. The van der Waals surface area contributed by atoms with Crippen LogP contribution in [0.5, 0.6) is 5.75 Å². The molecule has 0 aliphatic rings. The number of aliphatic hydroxyl groups excluding tert-OH is 1. The van der Waals surface area contributed by atoms with Gasteiger partial charge in [-0.05, 0) is 6.07 Å². The second kappa shape index (κ2) is 5.09. The number of carboxylic acids is 1. The van der Waals surface area contributed by atoms with Crippen molar-refractivity contribution in [1.29, 1.82) is 5.26 Å². The van der Waals surface area contributed by atoms with Gasteiger partial charge in [0.1, 0.15) is 11.8 Å². The average molecular weight is 235 g/mol. The maximum Gasteiger partial charge on any atom is 0.337 e. The van der Waals surface area contributed by atoms with Gasteiger partial charge in [-0.15, -0.1) is 0 Å². The molecule has 0 radical (unpaired) electrons. The number of hydrogen-bond donors (Lipinski definition) is 2. The van der Waals surface area contributed by atoms with Gasteiger partial charge in [0.2, 0.25) is 0 Å².